The average molecular weight is 661 g/mol. The van der Waals surface area contributed by atoms with Crippen molar-refractivity contribution < 1.29 is 24.1 Å². The normalized spacial score (nSPS) is 17.4. The van der Waals surface area contributed by atoms with Crippen molar-refractivity contribution in [2.24, 2.45) is 0 Å². The van der Waals surface area contributed by atoms with Crippen molar-refractivity contribution >= 4 is 17.8 Å². The van der Waals surface area contributed by atoms with Crippen molar-refractivity contribution in [1.82, 2.24) is 10.6 Å². The summed E-state index contributed by atoms with van der Waals surface area (Å²) in [6.45, 7) is 0.905. The van der Waals surface area contributed by atoms with E-state index in [-0.39, 0.29) is 24.8 Å². The van der Waals surface area contributed by atoms with Crippen LogP contribution in [0.5, 0.6) is 5.75 Å². The van der Waals surface area contributed by atoms with Gasteiger partial charge in [0.15, 0.2) is 6.29 Å². The second-order valence-electron chi connectivity index (χ2n) is 11.7. The van der Waals surface area contributed by atoms with Gasteiger partial charge in [0.25, 0.3) is 0 Å². The highest BCUT2D eigenvalue weighted by Gasteiger charge is 2.32. The Morgan fingerprint density at radius 3 is 2.19 bits per heavy atom. The van der Waals surface area contributed by atoms with Gasteiger partial charge in [0, 0.05) is 35.7 Å². The molecular formula is C40H40N2O5S. The number of para-hydroxylation sites is 1. The molecule has 0 saturated carbocycles. The van der Waals surface area contributed by atoms with E-state index in [0.717, 1.165) is 55.3 Å². The summed E-state index contributed by atoms with van der Waals surface area (Å²) in [5.74, 6) is 1.60. The Balaban J connectivity index is 1.12. The highest BCUT2D eigenvalue weighted by Crippen LogP contribution is 2.40. The fraction of sp³-hybridized carbons (Fsp3) is 0.225. The van der Waals surface area contributed by atoms with Crippen LogP contribution in [0.1, 0.15) is 46.6 Å². The molecule has 8 heteroatoms. The number of urea groups is 1. The van der Waals surface area contributed by atoms with Crippen molar-refractivity contribution in [1.29, 1.82) is 0 Å². The van der Waals surface area contributed by atoms with Gasteiger partial charge in [0.05, 0.1) is 25.9 Å². The van der Waals surface area contributed by atoms with Crippen molar-refractivity contribution in [2.45, 2.75) is 49.5 Å². The molecule has 1 saturated heterocycles. The van der Waals surface area contributed by atoms with Gasteiger partial charge in [-0.2, -0.15) is 0 Å². The Bertz CT molecular complexity index is 1770. The average Bonchev–Trinajstić information content (AvgIpc) is 3.16. The number of carbonyl (C=O) groups excluding carboxylic acids is 1. The molecule has 2 amide bonds. The van der Waals surface area contributed by atoms with Crippen LogP contribution >= 0.6 is 11.8 Å². The highest BCUT2D eigenvalue weighted by atomic mass is 32.2. The monoisotopic (exact) mass is 660 g/mol. The van der Waals surface area contributed by atoms with Gasteiger partial charge >= 0.3 is 6.03 Å². The van der Waals surface area contributed by atoms with Gasteiger partial charge < -0.3 is 30.0 Å². The topological polar surface area (TPSA) is 89.0 Å². The summed E-state index contributed by atoms with van der Waals surface area (Å²) in [6.07, 6.45) is -0.0488. The van der Waals surface area contributed by atoms with Crippen LogP contribution in [0.3, 0.4) is 0 Å². The first-order valence-corrected chi connectivity index (χ1v) is 17.1. The summed E-state index contributed by atoms with van der Waals surface area (Å²) < 4.78 is 18.7. The predicted molar refractivity (Wildman–Crippen MR) is 190 cm³/mol. The molecule has 0 unspecified atom stereocenters. The van der Waals surface area contributed by atoms with Crippen LogP contribution in [0.4, 0.5) is 4.79 Å². The predicted octanol–water partition coefficient (Wildman–Crippen LogP) is 8.19. The van der Waals surface area contributed by atoms with E-state index in [2.05, 4.69) is 53.1 Å². The fourth-order valence-electron chi connectivity index (χ4n) is 5.66. The summed E-state index contributed by atoms with van der Waals surface area (Å²) in [7, 11) is 1.69. The largest absolute Gasteiger partial charge is 0.496 e. The minimum absolute atomic E-state index is 0.00553. The number of nitrogens with one attached hydrogen (secondary N) is 2. The van der Waals surface area contributed by atoms with Crippen LogP contribution in [0.15, 0.2) is 132 Å². The zero-order valence-electron chi connectivity index (χ0n) is 26.9. The number of hydrogen-bond donors (Lipinski definition) is 3. The van der Waals surface area contributed by atoms with E-state index in [1.54, 1.807) is 18.9 Å². The molecule has 1 fully saturated rings. The van der Waals surface area contributed by atoms with E-state index in [1.165, 1.54) is 0 Å². The SMILES string of the molecule is COc1ccccc1SC[C@H]1C[C@@H](c2ccc(CO)cc2)O[C@@H](c2ccc(-c3cccc(CNC(=O)NCc4ccccc4)c3)cc2)O1. The standard InChI is InChI=1S/C40H40N2O5S/c1-45-36-12-5-6-13-38(36)48-27-35-23-37(32-16-14-29(26-43)15-17-32)47-39(46-35)33-20-18-31(19-21-33)34-11-7-10-30(22-34)25-42-40(44)41-24-28-8-3-2-4-9-28/h2-22,35,37,39,43H,23-27H2,1H3,(H2,41,42,44)/t35-,37+,39+/m1/s1. The first-order valence-electron chi connectivity index (χ1n) is 16.1. The molecule has 5 aromatic rings. The van der Waals surface area contributed by atoms with Crippen LogP contribution in [-0.4, -0.2) is 30.1 Å². The van der Waals surface area contributed by atoms with Gasteiger partial charge in [-0.05, 0) is 51.6 Å². The fourth-order valence-corrected chi connectivity index (χ4v) is 6.71. The Morgan fingerprint density at radius 2 is 1.44 bits per heavy atom. The second kappa shape index (κ2) is 16.5. The van der Waals surface area contributed by atoms with Crippen molar-refractivity contribution in [3.8, 4) is 16.9 Å². The van der Waals surface area contributed by atoms with Gasteiger partial charge in [0.1, 0.15) is 5.75 Å². The molecule has 1 heterocycles. The van der Waals surface area contributed by atoms with E-state index >= 15 is 0 Å². The lowest BCUT2D eigenvalue weighted by molar-refractivity contribution is -0.245. The molecule has 3 N–H and O–H groups in total. The van der Waals surface area contributed by atoms with Crippen LogP contribution < -0.4 is 15.4 Å². The minimum Gasteiger partial charge on any atom is -0.496 e. The number of aliphatic hydroxyl groups is 1. The quantitative estimate of drug-likeness (QED) is 0.117. The summed E-state index contributed by atoms with van der Waals surface area (Å²) in [6, 6.07) is 42.1. The Hall–Kier alpha value is -4.60. The Kier molecular flexibility index (Phi) is 11.4. The summed E-state index contributed by atoms with van der Waals surface area (Å²) >= 11 is 1.72. The molecule has 246 valence electrons. The van der Waals surface area contributed by atoms with Crippen LogP contribution in [0.2, 0.25) is 0 Å². The number of methoxy groups -OCH3 is 1. The van der Waals surface area contributed by atoms with Crippen molar-refractivity contribution in [3.05, 3.63) is 155 Å². The molecule has 7 nitrogen and oxygen atoms in total. The molecule has 6 rings (SSSR count). The van der Waals surface area contributed by atoms with E-state index in [4.69, 9.17) is 14.2 Å². The number of rotatable bonds is 12. The lowest BCUT2D eigenvalue weighted by atomic mass is 9.99. The van der Waals surface area contributed by atoms with Gasteiger partial charge in [-0.3, -0.25) is 0 Å². The minimum atomic E-state index is -0.538. The van der Waals surface area contributed by atoms with Gasteiger partial charge in [-0.1, -0.05) is 109 Å². The van der Waals surface area contributed by atoms with E-state index in [0.29, 0.717) is 19.5 Å². The zero-order chi connectivity index (χ0) is 33.1. The summed E-state index contributed by atoms with van der Waals surface area (Å²) in [5, 5.41) is 15.4. The first kappa shape index (κ1) is 33.3. The second-order valence-corrected chi connectivity index (χ2v) is 12.7. The first-order chi connectivity index (χ1) is 23.6. The molecule has 0 radical (unpaired) electrons. The van der Waals surface area contributed by atoms with Gasteiger partial charge in [0.2, 0.25) is 0 Å². The number of amides is 2. The lowest BCUT2D eigenvalue weighted by Gasteiger charge is -2.36. The number of ether oxygens (including phenoxy) is 3. The zero-order valence-corrected chi connectivity index (χ0v) is 27.7. The third-order valence-electron chi connectivity index (χ3n) is 8.30. The lowest BCUT2D eigenvalue weighted by Crippen LogP contribution is -2.34. The van der Waals surface area contributed by atoms with Gasteiger partial charge in [-0.15, -0.1) is 11.8 Å². The van der Waals surface area contributed by atoms with Crippen molar-refractivity contribution in [3.63, 3.8) is 0 Å². The molecule has 0 aromatic heterocycles. The maximum Gasteiger partial charge on any atom is 0.315 e. The maximum absolute atomic E-state index is 12.4. The van der Waals surface area contributed by atoms with Crippen LogP contribution in [-0.2, 0) is 29.2 Å². The molecule has 0 aliphatic carbocycles. The molecule has 1 aliphatic rings. The number of aliphatic hydroxyl groups excluding tert-OH is 1. The smallest absolute Gasteiger partial charge is 0.315 e. The molecular weight excluding hydrogens is 621 g/mol. The Labute approximate surface area is 286 Å². The van der Waals surface area contributed by atoms with Crippen LogP contribution in [0, 0.1) is 0 Å². The van der Waals surface area contributed by atoms with Gasteiger partial charge in [-0.25, -0.2) is 4.79 Å². The van der Waals surface area contributed by atoms with E-state index < -0.39 is 6.29 Å². The molecule has 1 aliphatic heterocycles. The van der Waals surface area contributed by atoms with E-state index in [9.17, 15) is 9.90 Å². The van der Waals surface area contributed by atoms with Crippen LogP contribution in [0.25, 0.3) is 11.1 Å². The number of carbonyl (C=O) groups is 1. The third kappa shape index (κ3) is 8.85. The number of hydrogen-bond acceptors (Lipinski definition) is 6. The molecule has 0 bridgehead atoms. The summed E-state index contributed by atoms with van der Waals surface area (Å²) in [5.41, 5.74) is 7.05. The highest BCUT2D eigenvalue weighted by molar-refractivity contribution is 7.99. The Morgan fingerprint density at radius 1 is 0.750 bits per heavy atom. The maximum atomic E-state index is 12.4. The molecule has 48 heavy (non-hydrogen) atoms. The number of benzene rings is 5. The van der Waals surface area contributed by atoms with E-state index in [1.807, 2.05) is 84.9 Å². The van der Waals surface area contributed by atoms with Crippen molar-refractivity contribution in [2.75, 3.05) is 12.9 Å². The molecule has 0 spiro atoms. The third-order valence-corrected chi connectivity index (χ3v) is 9.49. The molecule has 3 atom stereocenters. The summed E-state index contributed by atoms with van der Waals surface area (Å²) in [4.78, 5) is 13.5. The number of thioether (sulfide) groups is 1. The molecule has 5 aromatic carbocycles.